The van der Waals surface area contributed by atoms with Crippen molar-refractivity contribution in [1.82, 2.24) is 4.90 Å². The Morgan fingerprint density at radius 3 is 2.85 bits per heavy atom. The van der Waals surface area contributed by atoms with Gasteiger partial charge in [0.2, 0.25) is 5.91 Å². The van der Waals surface area contributed by atoms with Crippen LogP contribution in [0.25, 0.3) is 0 Å². The number of para-hydroxylation sites is 1. The molecule has 1 aromatic rings. The quantitative estimate of drug-likeness (QED) is 0.796. The summed E-state index contributed by atoms with van der Waals surface area (Å²) >= 11 is 0. The highest BCUT2D eigenvalue weighted by Crippen LogP contribution is 2.32. The highest BCUT2D eigenvalue weighted by molar-refractivity contribution is 5.96. The molecule has 1 atom stereocenters. The second-order valence-electron chi connectivity index (χ2n) is 5.85. The molecule has 110 valence electrons. The fraction of sp³-hybridized carbons (Fsp3) is 0.588. The molecule has 3 heteroatoms. The van der Waals surface area contributed by atoms with Gasteiger partial charge in [-0.25, -0.2) is 0 Å². The number of anilines is 1. The van der Waals surface area contributed by atoms with E-state index in [-0.39, 0.29) is 5.91 Å². The van der Waals surface area contributed by atoms with E-state index >= 15 is 0 Å². The van der Waals surface area contributed by atoms with E-state index in [1.807, 2.05) is 11.0 Å². The van der Waals surface area contributed by atoms with Crippen LogP contribution in [0.3, 0.4) is 0 Å². The first-order chi connectivity index (χ1) is 9.63. The largest absolute Gasteiger partial charge is 0.309 e. The first kappa shape index (κ1) is 15.0. The molecule has 0 N–H and O–H groups in total. The predicted molar refractivity (Wildman–Crippen MR) is 84.1 cm³/mol. The fourth-order valence-corrected chi connectivity index (χ4v) is 2.89. The molecule has 3 nitrogen and oxygen atoms in total. The summed E-state index contributed by atoms with van der Waals surface area (Å²) in [4.78, 5) is 16.7. The second kappa shape index (κ2) is 6.89. The summed E-state index contributed by atoms with van der Waals surface area (Å²) in [6.45, 7) is 6.26. The van der Waals surface area contributed by atoms with Crippen molar-refractivity contribution in [1.29, 1.82) is 0 Å². The highest BCUT2D eigenvalue weighted by atomic mass is 16.2. The van der Waals surface area contributed by atoms with E-state index in [9.17, 15) is 4.79 Å². The van der Waals surface area contributed by atoms with E-state index in [1.165, 1.54) is 18.4 Å². The Morgan fingerprint density at radius 1 is 1.35 bits per heavy atom. The van der Waals surface area contributed by atoms with E-state index in [1.54, 1.807) is 0 Å². The maximum Gasteiger partial charge on any atom is 0.228 e. The van der Waals surface area contributed by atoms with Crippen LogP contribution < -0.4 is 4.90 Å². The Bertz CT molecular complexity index is 458. The van der Waals surface area contributed by atoms with Gasteiger partial charge in [0.25, 0.3) is 0 Å². The van der Waals surface area contributed by atoms with Crippen LogP contribution in [0, 0.1) is 0 Å². The van der Waals surface area contributed by atoms with Gasteiger partial charge in [0, 0.05) is 24.7 Å². The van der Waals surface area contributed by atoms with Crippen molar-refractivity contribution in [3.05, 3.63) is 29.8 Å². The lowest BCUT2D eigenvalue weighted by Gasteiger charge is -2.24. The van der Waals surface area contributed by atoms with Crippen molar-refractivity contribution in [3.8, 4) is 0 Å². The van der Waals surface area contributed by atoms with E-state index in [0.29, 0.717) is 12.5 Å². The standard InChI is InChI=1S/C17H26N2O/c1-4-5-11-18(3)12-10-17(20)19-14(2)13-15-8-6-7-9-16(15)19/h6-9,14H,4-5,10-13H2,1-3H3. The zero-order valence-electron chi connectivity index (χ0n) is 12.9. The molecule has 0 bridgehead atoms. The molecular weight excluding hydrogens is 248 g/mol. The molecule has 1 aliphatic heterocycles. The summed E-state index contributed by atoms with van der Waals surface area (Å²) in [5.74, 6) is 0.255. The molecule has 1 aromatic carbocycles. The number of hydrogen-bond acceptors (Lipinski definition) is 2. The van der Waals surface area contributed by atoms with Gasteiger partial charge >= 0.3 is 0 Å². The first-order valence-electron chi connectivity index (χ1n) is 7.72. The first-order valence-corrected chi connectivity index (χ1v) is 7.72. The molecule has 0 spiro atoms. The van der Waals surface area contributed by atoms with Crippen LogP contribution in [0.5, 0.6) is 0 Å². The van der Waals surface area contributed by atoms with E-state index < -0.39 is 0 Å². The lowest BCUT2D eigenvalue weighted by molar-refractivity contribution is -0.119. The maximum absolute atomic E-state index is 12.5. The molecule has 1 heterocycles. The third kappa shape index (κ3) is 3.40. The maximum atomic E-state index is 12.5. The second-order valence-corrected chi connectivity index (χ2v) is 5.85. The molecule has 0 aliphatic carbocycles. The number of hydrogen-bond donors (Lipinski definition) is 0. The summed E-state index contributed by atoms with van der Waals surface area (Å²) in [6, 6.07) is 8.56. The number of fused-ring (bicyclic) bond motifs is 1. The van der Waals surface area contributed by atoms with E-state index in [4.69, 9.17) is 0 Å². The smallest absolute Gasteiger partial charge is 0.228 e. The van der Waals surface area contributed by atoms with Crippen molar-refractivity contribution in [3.63, 3.8) is 0 Å². The number of benzene rings is 1. The van der Waals surface area contributed by atoms with Gasteiger partial charge in [-0.2, -0.15) is 0 Å². The number of unbranched alkanes of at least 4 members (excludes halogenated alkanes) is 1. The number of carbonyl (C=O) groups excluding carboxylic acids is 1. The third-order valence-electron chi connectivity index (χ3n) is 4.08. The van der Waals surface area contributed by atoms with Gasteiger partial charge in [0.05, 0.1) is 0 Å². The van der Waals surface area contributed by atoms with E-state index in [2.05, 4.69) is 44.0 Å². The summed E-state index contributed by atoms with van der Waals surface area (Å²) in [7, 11) is 2.10. The van der Waals surface area contributed by atoms with Crippen LogP contribution in [-0.2, 0) is 11.2 Å². The van der Waals surface area contributed by atoms with Gasteiger partial charge in [-0.05, 0) is 45.0 Å². The van der Waals surface area contributed by atoms with Crippen LogP contribution in [0.1, 0.15) is 38.7 Å². The Hall–Kier alpha value is -1.35. The Balaban J connectivity index is 1.93. The van der Waals surface area contributed by atoms with Crippen molar-refractivity contribution in [2.45, 2.75) is 45.6 Å². The molecule has 0 saturated heterocycles. The van der Waals surface area contributed by atoms with Gasteiger partial charge in [0.15, 0.2) is 0 Å². The molecular formula is C17H26N2O. The normalized spacial score (nSPS) is 17.6. The van der Waals surface area contributed by atoms with Crippen LogP contribution in [0.15, 0.2) is 24.3 Å². The molecule has 0 aromatic heterocycles. The minimum absolute atomic E-state index is 0.255. The monoisotopic (exact) mass is 274 g/mol. The zero-order valence-corrected chi connectivity index (χ0v) is 12.9. The number of carbonyl (C=O) groups is 1. The van der Waals surface area contributed by atoms with Gasteiger partial charge in [-0.15, -0.1) is 0 Å². The summed E-state index contributed by atoms with van der Waals surface area (Å²) in [5.41, 5.74) is 2.41. The molecule has 1 aliphatic rings. The number of amides is 1. The molecule has 0 radical (unpaired) electrons. The van der Waals surface area contributed by atoms with E-state index in [0.717, 1.165) is 25.2 Å². The van der Waals surface area contributed by atoms with Crippen molar-refractivity contribution in [2.24, 2.45) is 0 Å². The number of nitrogens with zero attached hydrogens (tertiary/aromatic N) is 2. The lowest BCUT2D eigenvalue weighted by Crippen LogP contribution is -2.37. The summed E-state index contributed by atoms with van der Waals surface area (Å²) in [6.07, 6.45) is 3.99. The average molecular weight is 274 g/mol. The molecule has 0 fully saturated rings. The third-order valence-corrected chi connectivity index (χ3v) is 4.08. The van der Waals surface area contributed by atoms with Crippen LogP contribution in [0.4, 0.5) is 5.69 Å². The van der Waals surface area contributed by atoms with Gasteiger partial charge < -0.3 is 9.80 Å². The molecule has 20 heavy (non-hydrogen) atoms. The zero-order chi connectivity index (χ0) is 14.5. The topological polar surface area (TPSA) is 23.6 Å². The Kier molecular flexibility index (Phi) is 5.18. The molecule has 1 unspecified atom stereocenters. The summed E-state index contributed by atoms with van der Waals surface area (Å²) in [5, 5.41) is 0. The average Bonchev–Trinajstić information content (AvgIpc) is 2.78. The van der Waals surface area contributed by atoms with Gasteiger partial charge in [-0.1, -0.05) is 31.5 Å². The Labute approximate surface area is 122 Å². The van der Waals surface area contributed by atoms with Gasteiger partial charge in [-0.3, -0.25) is 4.79 Å². The highest BCUT2D eigenvalue weighted by Gasteiger charge is 2.30. The minimum Gasteiger partial charge on any atom is -0.309 e. The fourth-order valence-electron chi connectivity index (χ4n) is 2.89. The van der Waals surface area contributed by atoms with Crippen LogP contribution >= 0.6 is 0 Å². The van der Waals surface area contributed by atoms with Crippen LogP contribution in [0.2, 0.25) is 0 Å². The Morgan fingerprint density at radius 2 is 2.10 bits per heavy atom. The molecule has 1 amide bonds. The molecule has 0 saturated carbocycles. The predicted octanol–water partition coefficient (Wildman–Crippen LogP) is 3.09. The van der Waals surface area contributed by atoms with Crippen molar-refractivity contribution < 1.29 is 4.79 Å². The SMILES string of the molecule is CCCCN(C)CCC(=O)N1c2ccccc2CC1C. The number of rotatable bonds is 6. The van der Waals surface area contributed by atoms with Crippen molar-refractivity contribution >= 4 is 11.6 Å². The van der Waals surface area contributed by atoms with Gasteiger partial charge in [0.1, 0.15) is 0 Å². The lowest BCUT2D eigenvalue weighted by atomic mass is 10.1. The van der Waals surface area contributed by atoms with Crippen molar-refractivity contribution in [2.75, 3.05) is 25.0 Å². The van der Waals surface area contributed by atoms with Crippen LogP contribution in [-0.4, -0.2) is 37.0 Å². The minimum atomic E-state index is 0.255. The summed E-state index contributed by atoms with van der Waals surface area (Å²) < 4.78 is 0. The molecule has 2 rings (SSSR count).